The van der Waals surface area contributed by atoms with Crippen molar-refractivity contribution >= 4 is 40.7 Å². The molecule has 10 heteroatoms. The molecule has 1 aliphatic rings. The summed E-state index contributed by atoms with van der Waals surface area (Å²) in [5.41, 5.74) is 3.02. The topological polar surface area (TPSA) is 80.7 Å². The third-order valence-corrected chi connectivity index (χ3v) is 6.82. The van der Waals surface area contributed by atoms with E-state index in [1.165, 1.54) is 0 Å². The third-order valence-electron chi connectivity index (χ3n) is 6.10. The fourth-order valence-electron chi connectivity index (χ4n) is 4.23. The van der Waals surface area contributed by atoms with E-state index in [4.69, 9.17) is 32.7 Å². The molecular formula is C26H31Cl2N5O3. The minimum absolute atomic E-state index is 0.366. The van der Waals surface area contributed by atoms with E-state index >= 15 is 0 Å². The molecule has 4 rings (SSSR count). The number of carbonyl (C=O) groups is 1. The van der Waals surface area contributed by atoms with Crippen LogP contribution >= 0.6 is 23.2 Å². The first-order chi connectivity index (χ1) is 17.4. The Morgan fingerprint density at radius 1 is 1.14 bits per heavy atom. The summed E-state index contributed by atoms with van der Waals surface area (Å²) >= 11 is 12.5. The average molecular weight is 532 g/mol. The largest absolute Gasteiger partial charge is 0.476 e. The molecule has 36 heavy (non-hydrogen) atoms. The van der Waals surface area contributed by atoms with Crippen molar-refractivity contribution in [1.82, 2.24) is 14.7 Å². The standard InChI is InChI=1S/C26H31Cl2N5O3/c1-17-24(30-26(34)29-23-13-22(28)21(27)12-19(23)8-7-11-35-3)33(20-9-5-4-6-10-20)31-25(17)36-16-18-14-32(2)15-18/h4-6,9-10,12-13,18H,7-8,11,14-16H2,1-3H3,(H2,29,30,34). The van der Waals surface area contributed by atoms with E-state index in [0.29, 0.717) is 53.0 Å². The lowest BCUT2D eigenvalue weighted by Crippen LogP contribution is -2.46. The van der Waals surface area contributed by atoms with Gasteiger partial charge in [0.2, 0.25) is 5.88 Å². The highest BCUT2D eigenvalue weighted by atomic mass is 35.5. The summed E-state index contributed by atoms with van der Waals surface area (Å²) in [6.45, 7) is 5.07. The normalized spacial score (nSPS) is 13.9. The number of halogens is 2. The molecular weight excluding hydrogens is 501 g/mol. The van der Waals surface area contributed by atoms with Crippen LogP contribution in [0, 0.1) is 12.8 Å². The molecule has 192 valence electrons. The number of urea groups is 1. The van der Waals surface area contributed by atoms with Gasteiger partial charge in [-0.05, 0) is 56.6 Å². The lowest BCUT2D eigenvalue weighted by molar-refractivity contribution is 0.0834. The van der Waals surface area contributed by atoms with Crippen molar-refractivity contribution in [2.24, 2.45) is 5.92 Å². The molecule has 1 fully saturated rings. The van der Waals surface area contributed by atoms with Crippen molar-refractivity contribution in [2.75, 3.05) is 51.1 Å². The smallest absolute Gasteiger partial charge is 0.324 e. The molecule has 0 unspecified atom stereocenters. The second kappa shape index (κ2) is 12.0. The SMILES string of the molecule is COCCCc1cc(Cl)c(Cl)cc1NC(=O)Nc1c(C)c(OCC2CN(C)C2)nn1-c1ccccc1. The minimum atomic E-state index is -0.422. The zero-order valence-corrected chi connectivity index (χ0v) is 22.2. The van der Waals surface area contributed by atoms with Gasteiger partial charge in [0.1, 0.15) is 5.82 Å². The Labute approximate surface area is 221 Å². The van der Waals surface area contributed by atoms with Gasteiger partial charge in [-0.15, -0.1) is 5.10 Å². The van der Waals surface area contributed by atoms with Gasteiger partial charge in [0.05, 0.1) is 27.9 Å². The summed E-state index contributed by atoms with van der Waals surface area (Å²) in [6.07, 6.45) is 1.46. The molecule has 1 saturated heterocycles. The van der Waals surface area contributed by atoms with Gasteiger partial charge in [-0.3, -0.25) is 5.32 Å². The van der Waals surface area contributed by atoms with E-state index in [1.54, 1.807) is 23.9 Å². The summed E-state index contributed by atoms with van der Waals surface area (Å²) in [5.74, 6) is 1.50. The number of anilines is 2. The van der Waals surface area contributed by atoms with Crippen LogP contribution in [-0.4, -0.2) is 61.2 Å². The number of ether oxygens (including phenoxy) is 2. The van der Waals surface area contributed by atoms with Gasteiger partial charge < -0.3 is 19.7 Å². The van der Waals surface area contributed by atoms with Crippen LogP contribution in [0.3, 0.4) is 0 Å². The summed E-state index contributed by atoms with van der Waals surface area (Å²) in [5, 5.41) is 11.4. The number of rotatable bonds is 10. The number of nitrogens with zero attached hydrogens (tertiary/aromatic N) is 3. The summed E-state index contributed by atoms with van der Waals surface area (Å²) in [4.78, 5) is 15.4. The molecule has 2 heterocycles. The van der Waals surface area contributed by atoms with Crippen LogP contribution in [0.5, 0.6) is 5.88 Å². The number of benzene rings is 2. The number of hydrogen-bond donors (Lipinski definition) is 2. The maximum atomic E-state index is 13.2. The molecule has 0 aliphatic carbocycles. The van der Waals surface area contributed by atoms with Gasteiger partial charge in [-0.25, -0.2) is 9.48 Å². The van der Waals surface area contributed by atoms with E-state index in [9.17, 15) is 4.79 Å². The number of carbonyl (C=O) groups excluding carboxylic acids is 1. The molecule has 2 amide bonds. The first-order valence-corrected chi connectivity index (χ1v) is 12.6. The Morgan fingerprint density at radius 3 is 2.56 bits per heavy atom. The average Bonchev–Trinajstić information content (AvgIpc) is 3.14. The van der Waals surface area contributed by atoms with E-state index in [-0.39, 0.29) is 0 Å². The van der Waals surface area contributed by atoms with Gasteiger partial charge in [0.15, 0.2) is 0 Å². The van der Waals surface area contributed by atoms with Crippen molar-refractivity contribution in [3.8, 4) is 11.6 Å². The molecule has 3 aromatic rings. The number of aryl methyl sites for hydroxylation is 1. The van der Waals surface area contributed by atoms with Crippen molar-refractivity contribution in [1.29, 1.82) is 0 Å². The van der Waals surface area contributed by atoms with Crippen LogP contribution in [-0.2, 0) is 11.2 Å². The van der Waals surface area contributed by atoms with Crippen LogP contribution in [0.4, 0.5) is 16.3 Å². The van der Waals surface area contributed by atoms with Crippen LogP contribution in [0.2, 0.25) is 10.0 Å². The Kier molecular flexibility index (Phi) is 8.74. The lowest BCUT2D eigenvalue weighted by Gasteiger charge is -2.35. The monoisotopic (exact) mass is 531 g/mol. The molecule has 2 aromatic carbocycles. The molecule has 0 saturated carbocycles. The zero-order chi connectivity index (χ0) is 25.7. The van der Waals surface area contributed by atoms with Gasteiger partial charge >= 0.3 is 6.03 Å². The van der Waals surface area contributed by atoms with Crippen molar-refractivity contribution in [2.45, 2.75) is 19.8 Å². The second-order valence-corrected chi connectivity index (χ2v) is 9.84. The number of amides is 2. The van der Waals surface area contributed by atoms with Gasteiger partial charge in [0.25, 0.3) is 0 Å². The van der Waals surface area contributed by atoms with Crippen molar-refractivity contribution in [3.05, 3.63) is 63.6 Å². The lowest BCUT2D eigenvalue weighted by atomic mass is 10.0. The first-order valence-electron chi connectivity index (χ1n) is 11.9. The number of aromatic nitrogens is 2. The fraction of sp³-hybridized carbons (Fsp3) is 0.385. The fourth-order valence-corrected chi connectivity index (χ4v) is 4.58. The number of nitrogens with one attached hydrogen (secondary N) is 2. The van der Waals surface area contributed by atoms with Crippen LogP contribution in [0.1, 0.15) is 17.5 Å². The Bertz CT molecular complexity index is 1200. The third kappa shape index (κ3) is 6.31. The maximum Gasteiger partial charge on any atom is 0.324 e. The molecule has 0 radical (unpaired) electrons. The first kappa shape index (κ1) is 26.3. The van der Waals surface area contributed by atoms with E-state index in [2.05, 4.69) is 27.7 Å². The quantitative estimate of drug-likeness (QED) is 0.330. The molecule has 1 aliphatic heterocycles. The highest BCUT2D eigenvalue weighted by Gasteiger charge is 2.26. The van der Waals surface area contributed by atoms with Crippen molar-refractivity contribution in [3.63, 3.8) is 0 Å². The minimum Gasteiger partial charge on any atom is -0.476 e. The van der Waals surface area contributed by atoms with Gasteiger partial charge in [-0.1, -0.05) is 41.4 Å². The summed E-state index contributed by atoms with van der Waals surface area (Å²) in [6, 6.07) is 12.6. The van der Waals surface area contributed by atoms with Gasteiger partial charge in [-0.2, -0.15) is 0 Å². The maximum absolute atomic E-state index is 13.2. The molecule has 2 N–H and O–H groups in total. The number of hydrogen-bond acceptors (Lipinski definition) is 5. The molecule has 0 spiro atoms. The second-order valence-electron chi connectivity index (χ2n) is 9.02. The van der Waals surface area contributed by atoms with Crippen LogP contribution in [0.25, 0.3) is 5.69 Å². The zero-order valence-electron chi connectivity index (χ0n) is 20.7. The predicted octanol–water partition coefficient (Wildman–Crippen LogP) is 5.65. The van der Waals surface area contributed by atoms with E-state index in [1.807, 2.05) is 37.3 Å². The molecule has 1 aromatic heterocycles. The summed E-state index contributed by atoms with van der Waals surface area (Å²) in [7, 11) is 3.74. The number of methoxy groups -OCH3 is 1. The molecule has 0 atom stereocenters. The Hall–Kier alpha value is -2.78. The highest BCUT2D eigenvalue weighted by molar-refractivity contribution is 6.42. The Morgan fingerprint density at radius 2 is 1.86 bits per heavy atom. The van der Waals surface area contributed by atoms with Crippen LogP contribution in [0.15, 0.2) is 42.5 Å². The van der Waals surface area contributed by atoms with Crippen LogP contribution < -0.4 is 15.4 Å². The number of para-hydroxylation sites is 1. The highest BCUT2D eigenvalue weighted by Crippen LogP contribution is 2.32. The van der Waals surface area contributed by atoms with Crippen molar-refractivity contribution < 1.29 is 14.3 Å². The molecule has 0 bridgehead atoms. The van der Waals surface area contributed by atoms with E-state index < -0.39 is 6.03 Å². The van der Waals surface area contributed by atoms with Gasteiger partial charge in [0, 0.05) is 38.4 Å². The molecule has 8 nitrogen and oxygen atoms in total. The van der Waals surface area contributed by atoms with E-state index in [0.717, 1.165) is 36.3 Å². The Balaban J connectivity index is 1.55. The summed E-state index contributed by atoms with van der Waals surface area (Å²) < 4.78 is 12.9. The predicted molar refractivity (Wildman–Crippen MR) is 144 cm³/mol. The number of likely N-dealkylation sites (tertiary alicyclic amines) is 1.